The van der Waals surface area contributed by atoms with Crippen molar-refractivity contribution in [3.63, 3.8) is 0 Å². The number of hydrogen-bond acceptors (Lipinski definition) is 1. The van der Waals surface area contributed by atoms with E-state index in [-0.39, 0.29) is 11.5 Å². The van der Waals surface area contributed by atoms with Crippen molar-refractivity contribution in [1.82, 2.24) is 4.57 Å². The quantitative estimate of drug-likeness (QED) is 0.941. The Bertz CT molecular complexity index is 563. The molecule has 0 radical (unpaired) electrons. The highest BCUT2D eigenvalue weighted by Gasteiger charge is 2.11. The zero-order chi connectivity index (χ0) is 13.1. The molecule has 0 unspecified atom stereocenters. The van der Waals surface area contributed by atoms with Gasteiger partial charge in [0.1, 0.15) is 11.5 Å². The van der Waals surface area contributed by atoms with Crippen LogP contribution in [-0.2, 0) is 13.0 Å². The van der Waals surface area contributed by atoms with Crippen LogP contribution in [-0.4, -0.2) is 15.6 Å². The van der Waals surface area contributed by atoms with Crippen molar-refractivity contribution in [1.29, 1.82) is 0 Å². The lowest BCUT2D eigenvalue weighted by atomic mass is 10.1. The first kappa shape index (κ1) is 12.8. The van der Waals surface area contributed by atoms with Gasteiger partial charge in [0.25, 0.3) is 0 Å². The van der Waals surface area contributed by atoms with E-state index in [1.807, 2.05) is 0 Å². The number of carboxylic acid groups (broad SMARTS) is 1. The minimum atomic E-state index is -0.959. The van der Waals surface area contributed by atoms with E-state index in [1.165, 1.54) is 12.1 Å². The van der Waals surface area contributed by atoms with Crippen molar-refractivity contribution in [3.05, 3.63) is 58.1 Å². The molecule has 0 amide bonds. The number of nitrogens with zero attached hydrogens (tertiary/aromatic N) is 1. The van der Waals surface area contributed by atoms with Crippen LogP contribution in [0.25, 0.3) is 0 Å². The number of benzene rings is 1. The van der Waals surface area contributed by atoms with Gasteiger partial charge in [-0.2, -0.15) is 0 Å². The highest BCUT2D eigenvalue weighted by Crippen LogP contribution is 2.16. The molecular weight excluding hydrogens is 301 g/mol. The van der Waals surface area contributed by atoms with Crippen molar-refractivity contribution >= 4 is 21.9 Å². The van der Waals surface area contributed by atoms with E-state index < -0.39 is 5.97 Å². The monoisotopic (exact) mass is 311 g/mol. The molecule has 0 fully saturated rings. The molecule has 1 N–H and O–H groups in total. The second-order valence-corrected chi connectivity index (χ2v) is 4.83. The van der Waals surface area contributed by atoms with Gasteiger partial charge in [-0.3, -0.25) is 0 Å². The first-order valence-corrected chi connectivity index (χ1v) is 6.19. The van der Waals surface area contributed by atoms with Gasteiger partial charge < -0.3 is 9.67 Å². The molecule has 2 aromatic rings. The molecule has 18 heavy (non-hydrogen) atoms. The summed E-state index contributed by atoms with van der Waals surface area (Å²) in [5, 5.41) is 9.02. The lowest BCUT2D eigenvalue weighted by molar-refractivity contribution is 0.0685. The molecule has 0 aliphatic carbocycles. The van der Waals surface area contributed by atoms with Gasteiger partial charge in [0, 0.05) is 17.2 Å². The van der Waals surface area contributed by atoms with Crippen LogP contribution in [0.1, 0.15) is 16.1 Å². The predicted octanol–water partition coefficient (Wildman–Crippen LogP) is 3.33. The van der Waals surface area contributed by atoms with E-state index in [0.717, 1.165) is 10.0 Å². The minimum Gasteiger partial charge on any atom is -0.477 e. The Morgan fingerprint density at radius 2 is 2.00 bits per heavy atom. The van der Waals surface area contributed by atoms with Crippen molar-refractivity contribution in [2.75, 3.05) is 0 Å². The van der Waals surface area contributed by atoms with Crippen molar-refractivity contribution in [2.45, 2.75) is 13.0 Å². The van der Waals surface area contributed by atoms with E-state index in [0.29, 0.717) is 13.0 Å². The van der Waals surface area contributed by atoms with Gasteiger partial charge in [-0.1, -0.05) is 12.1 Å². The van der Waals surface area contributed by atoms with Crippen molar-refractivity contribution < 1.29 is 14.3 Å². The van der Waals surface area contributed by atoms with E-state index in [2.05, 4.69) is 15.9 Å². The zero-order valence-corrected chi connectivity index (χ0v) is 11.0. The number of aryl methyl sites for hydroxylation is 2. The Balaban J connectivity index is 2.10. The zero-order valence-electron chi connectivity index (χ0n) is 9.44. The summed E-state index contributed by atoms with van der Waals surface area (Å²) < 4.78 is 15.1. The third-order valence-electron chi connectivity index (χ3n) is 2.64. The Hall–Kier alpha value is -1.62. The van der Waals surface area contributed by atoms with Gasteiger partial charge in [0.15, 0.2) is 0 Å². The molecular formula is C13H11BrFNO2. The molecule has 0 atom stereocenters. The van der Waals surface area contributed by atoms with Crippen LogP contribution in [0.4, 0.5) is 4.39 Å². The summed E-state index contributed by atoms with van der Waals surface area (Å²) >= 11 is 3.25. The Kier molecular flexibility index (Phi) is 3.81. The maximum Gasteiger partial charge on any atom is 0.352 e. The fourth-order valence-electron chi connectivity index (χ4n) is 1.74. The molecule has 0 aliphatic rings. The average Bonchev–Trinajstić information content (AvgIpc) is 2.70. The van der Waals surface area contributed by atoms with Gasteiger partial charge in [-0.25, -0.2) is 9.18 Å². The smallest absolute Gasteiger partial charge is 0.352 e. The lowest BCUT2D eigenvalue weighted by Gasteiger charge is -2.06. The maximum atomic E-state index is 12.7. The van der Waals surface area contributed by atoms with E-state index >= 15 is 0 Å². The summed E-state index contributed by atoms with van der Waals surface area (Å²) in [6, 6.07) is 7.77. The van der Waals surface area contributed by atoms with Gasteiger partial charge in [0.2, 0.25) is 0 Å². The number of carbonyl (C=O) groups is 1. The van der Waals surface area contributed by atoms with Crippen LogP contribution in [0.2, 0.25) is 0 Å². The second kappa shape index (κ2) is 5.35. The summed E-state index contributed by atoms with van der Waals surface area (Å²) in [5.41, 5.74) is 1.21. The molecule has 0 saturated carbocycles. The third-order valence-corrected chi connectivity index (χ3v) is 3.07. The Morgan fingerprint density at radius 1 is 1.33 bits per heavy atom. The molecule has 0 bridgehead atoms. The van der Waals surface area contributed by atoms with Crippen LogP contribution in [0, 0.1) is 5.82 Å². The molecule has 1 heterocycles. The topological polar surface area (TPSA) is 42.2 Å². The standard InChI is InChI=1S/C13H11BrFNO2/c14-10-7-12(13(17)18)16(8-10)6-5-9-1-3-11(15)4-2-9/h1-4,7-8H,5-6H2,(H,17,18). The summed E-state index contributed by atoms with van der Waals surface area (Å²) in [6.07, 6.45) is 2.38. The van der Waals surface area contributed by atoms with Gasteiger partial charge in [-0.05, 0) is 46.1 Å². The number of aromatic carboxylic acids is 1. The summed E-state index contributed by atoms with van der Waals surface area (Å²) in [5.74, 6) is -1.23. The average molecular weight is 312 g/mol. The Labute approximate surface area is 112 Å². The SMILES string of the molecule is O=C(O)c1cc(Br)cn1CCc1ccc(F)cc1. The van der Waals surface area contributed by atoms with Crippen molar-refractivity contribution in [2.24, 2.45) is 0 Å². The molecule has 0 saturated heterocycles. The number of aromatic nitrogens is 1. The normalized spacial score (nSPS) is 10.6. The number of carboxylic acids is 1. The number of halogens is 2. The molecule has 3 nitrogen and oxygen atoms in total. The van der Waals surface area contributed by atoms with E-state index in [9.17, 15) is 9.18 Å². The fourth-order valence-corrected chi connectivity index (χ4v) is 2.20. The molecule has 1 aromatic carbocycles. The number of hydrogen-bond donors (Lipinski definition) is 1. The van der Waals surface area contributed by atoms with Crippen LogP contribution < -0.4 is 0 Å². The molecule has 94 valence electrons. The fraction of sp³-hybridized carbons (Fsp3) is 0.154. The molecule has 5 heteroatoms. The van der Waals surface area contributed by atoms with Crippen LogP contribution >= 0.6 is 15.9 Å². The van der Waals surface area contributed by atoms with Crippen LogP contribution in [0.15, 0.2) is 41.0 Å². The summed E-state index contributed by atoms with van der Waals surface area (Å²) in [4.78, 5) is 11.0. The first-order chi connectivity index (χ1) is 8.56. The molecule has 0 aliphatic heterocycles. The maximum absolute atomic E-state index is 12.7. The predicted molar refractivity (Wildman–Crippen MR) is 69.2 cm³/mol. The highest BCUT2D eigenvalue weighted by atomic mass is 79.9. The van der Waals surface area contributed by atoms with Crippen LogP contribution in [0.3, 0.4) is 0 Å². The van der Waals surface area contributed by atoms with Gasteiger partial charge in [-0.15, -0.1) is 0 Å². The van der Waals surface area contributed by atoms with Crippen LogP contribution in [0.5, 0.6) is 0 Å². The second-order valence-electron chi connectivity index (χ2n) is 3.92. The van der Waals surface area contributed by atoms with Crippen molar-refractivity contribution in [3.8, 4) is 0 Å². The minimum absolute atomic E-state index is 0.240. The molecule has 2 rings (SSSR count). The summed E-state index contributed by atoms with van der Waals surface area (Å²) in [7, 11) is 0. The molecule has 1 aromatic heterocycles. The third kappa shape index (κ3) is 2.98. The largest absolute Gasteiger partial charge is 0.477 e. The number of rotatable bonds is 4. The van der Waals surface area contributed by atoms with Gasteiger partial charge >= 0.3 is 5.97 Å². The lowest BCUT2D eigenvalue weighted by Crippen LogP contribution is -2.09. The van der Waals surface area contributed by atoms with E-state index in [4.69, 9.17) is 5.11 Å². The first-order valence-electron chi connectivity index (χ1n) is 5.39. The van der Waals surface area contributed by atoms with E-state index in [1.54, 1.807) is 29.0 Å². The summed E-state index contributed by atoms with van der Waals surface area (Å²) in [6.45, 7) is 0.541. The highest BCUT2D eigenvalue weighted by molar-refractivity contribution is 9.10. The molecule has 0 spiro atoms. The van der Waals surface area contributed by atoms with Gasteiger partial charge in [0.05, 0.1) is 0 Å². The Morgan fingerprint density at radius 3 is 2.61 bits per heavy atom.